The Hall–Kier alpha value is -1.91. The van der Waals surface area contributed by atoms with Gasteiger partial charge in [0, 0.05) is 6.20 Å². The molecule has 0 fully saturated rings. The van der Waals surface area contributed by atoms with E-state index in [2.05, 4.69) is 10.1 Å². The highest BCUT2D eigenvalue weighted by Gasteiger charge is 2.12. The van der Waals surface area contributed by atoms with Gasteiger partial charge in [0.15, 0.2) is 0 Å². The molecule has 5 nitrogen and oxygen atoms in total. The lowest BCUT2D eigenvalue weighted by atomic mass is 10.1. The molecule has 2 aromatic rings. The lowest BCUT2D eigenvalue weighted by molar-refractivity contribution is 0.0696. The minimum absolute atomic E-state index is 0.177. The van der Waals surface area contributed by atoms with Gasteiger partial charge < -0.3 is 9.63 Å². The number of hydrogen-bond donors (Lipinski definition) is 1. The standard InChI is InChI=1S/C8H6N2O3/c1-4-5-3-10-13-7(5)9-2-6(4)8(11)12/h2-3H,1H3,(H,11,12). The number of aromatic nitrogens is 2. The first-order valence-corrected chi connectivity index (χ1v) is 3.63. The van der Waals surface area contributed by atoms with E-state index in [0.29, 0.717) is 16.7 Å². The summed E-state index contributed by atoms with van der Waals surface area (Å²) >= 11 is 0. The highest BCUT2D eigenvalue weighted by molar-refractivity contribution is 5.94. The summed E-state index contributed by atoms with van der Waals surface area (Å²) in [6.07, 6.45) is 2.73. The topological polar surface area (TPSA) is 76.2 Å². The van der Waals surface area contributed by atoms with E-state index in [1.54, 1.807) is 6.92 Å². The quantitative estimate of drug-likeness (QED) is 0.710. The second kappa shape index (κ2) is 2.55. The molecule has 0 unspecified atom stereocenters. The lowest BCUT2D eigenvalue weighted by Crippen LogP contribution is -2.00. The number of aryl methyl sites for hydroxylation is 1. The Morgan fingerprint density at radius 3 is 3.00 bits per heavy atom. The number of carboxylic acids is 1. The van der Waals surface area contributed by atoms with Crippen molar-refractivity contribution in [1.29, 1.82) is 0 Å². The summed E-state index contributed by atoms with van der Waals surface area (Å²) in [5.41, 5.74) is 1.16. The van der Waals surface area contributed by atoms with Crippen LogP contribution in [0.3, 0.4) is 0 Å². The summed E-state index contributed by atoms with van der Waals surface area (Å²) in [5, 5.41) is 12.9. The van der Waals surface area contributed by atoms with Crippen molar-refractivity contribution in [3.63, 3.8) is 0 Å². The van der Waals surface area contributed by atoms with Crippen LogP contribution in [0.1, 0.15) is 15.9 Å². The second-order valence-electron chi connectivity index (χ2n) is 2.65. The number of carbonyl (C=O) groups is 1. The summed E-state index contributed by atoms with van der Waals surface area (Å²) in [6.45, 7) is 1.70. The van der Waals surface area contributed by atoms with E-state index in [4.69, 9.17) is 9.63 Å². The van der Waals surface area contributed by atoms with E-state index in [0.717, 1.165) is 0 Å². The monoisotopic (exact) mass is 178 g/mol. The molecule has 1 N–H and O–H groups in total. The molecule has 0 aromatic carbocycles. The minimum atomic E-state index is -0.993. The Bertz CT molecular complexity index is 475. The highest BCUT2D eigenvalue weighted by Crippen LogP contribution is 2.18. The van der Waals surface area contributed by atoms with Gasteiger partial charge in [0.2, 0.25) is 0 Å². The molecule has 0 aliphatic heterocycles. The van der Waals surface area contributed by atoms with Gasteiger partial charge in [-0.05, 0) is 12.5 Å². The Morgan fingerprint density at radius 2 is 2.31 bits per heavy atom. The fourth-order valence-electron chi connectivity index (χ4n) is 1.16. The van der Waals surface area contributed by atoms with Crippen molar-refractivity contribution in [1.82, 2.24) is 10.1 Å². The van der Waals surface area contributed by atoms with E-state index in [1.807, 2.05) is 0 Å². The molecule has 66 valence electrons. The average Bonchev–Trinajstić information content (AvgIpc) is 2.52. The Morgan fingerprint density at radius 1 is 1.54 bits per heavy atom. The molecule has 0 saturated heterocycles. The zero-order chi connectivity index (χ0) is 9.42. The Labute approximate surface area is 73.0 Å². The second-order valence-corrected chi connectivity index (χ2v) is 2.65. The van der Waals surface area contributed by atoms with Gasteiger partial charge in [0.1, 0.15) is 0 Å². The summed E-state index contributed by atoms with van der Waals surface area (Å²) in [4.78, 5) is 14.5. The van der Waals surface area contributed by atoms with E-state index in [9.17, 15) is 4.79 Å². The molecule has 0 saturated carbocycles. The van der Waals surface area contributed by atoms with Crippen LogP contribution in [0.4, 0.5) is 0 Å². The van der Waals surface area contributed by atoms with E-state index in [1.165, 1.54) is 12.4 Å². The first kappa shape index (κ1) is 7.72. The van der Waals surface area contributed by atoms with Gasteiger partial charge >= 0.3 is 5.97 Å². The fraction of sp³-hybridized carbons (Fsp3) is 0.125. The molecular formula is C8H6N2O3. The van der Waals surface area contributed by atoms with Crippen LogP contribution >= 0.6 is 0 Å². The van der Waals surface area contributed by atoms with Crippen molar-refractivity contribution in [2.75, 3.05) is 0 Å². The minimum Gasteiger partial charge on any atom is -0.478 e. The molecule has 0 bridgehead atoms. The third-order valence-electron chi connectivity index (χ3n) is 1.90. The summed E-state index contributed by atoms with van der Waals surface area (Å²) in [6, 6.07) is 0. The fourth-order valence-corrected chi connectivity index (χ4v) is 1.16. The van der Waals surface area contributed by atoms with Crippen LogP contribution in [0.2, 0.25) is 0 Å². The van der Waals surface area contributed by atoms with Crippen molar-refractivity contribution >= 4 is 17.1 Å². The third-order valence-corrected chi connectivity index (χ3v) is 1.90. The lowest BCUT2D eigenvalue weighted by Gasteiger charge is -1.98. The van der Waals surface area contributed by atoms with Gasteiger partial charge in [-0.25, -0.2) is 9.78 Å². The van der Waals surface area contributed by atoms with Crippen LogP contribution in [0, 0.1) is 6.92 Å². The maximum atomic E-state index is 10.7. The zero-order valence-corrected chi connectivity index (χ0v) is 6.81. The molecule has 0 amide bonds. The Kier molecular flexibility index (Phi) is 1.51. The van der Waals surface area contributed by atoms with Crippen LogP contribution in [0.25, 0.3) is 11.1 Å². The number of rotatable bonds is 1. The first-order valence-electron chi connectivity index (χ1n) is 3.63. The molecule has 0 aliphatic carbocycles. The molecule has 0 spiro atoms. The van der Waals surface area contributed by atoms with E-state index in [-0.39, 0.29) is 5.56 Å². The maximum absolute atomic E-state index is 10.7. The van der Waals surface area contributed by atoms with Crippen molar-refractivity contribution in [3.8, 4) is 0 Å². The van der Waals surface area contributed by atoms with Gasteiger partial charge in [-0.1, -0.05) is 5.16 Å². The van der Waals surface area contributed by atoms with Crippen molar-refractivity contribution in [3.05, 3.63) is 23.5 Å². The third kappa shape index (κ3) is 1.05. The predicted octanol–water partition coefficient (Wildman–Crippen LogP) is 1.23. The van der Waals surface area contributed by atoms with Crippen LogP contribution in [0.5, 0.6) is 0 Å². The van der Waals surface area contributed by atoms with Crippen LogP contribution in [-0.4, -0.2) is 21.2 Å². The normalized spacial score (nSPS) is 10.5. The molecule has 5 heteroatoms. The van der Waals surface area contributed by atoms with Crippen LogP contribution in [-0.2, 0) is 0 Å². The molecule has 2 heterocycles. The zero-order valence-electron chi connectivity index (χ0n) is 6.81. The number of nitrogens with zero attached hydrogens (tertiary/aromatic N) is 2. The van der Waals surface area contributed by atoms with Crippen molar-refractivity contribution in [2.45, 2.75) is 6.92 Å². The number of carboxylic acid groups (broad SMARTS) is 1. The number of pyridine rings is 1. The number of aromatic carboxylic acids is 1. The van der Waals surface area contributed by atoms with Crippen LogP contribution < -0.4 is 0 Å². The molecular weight excluding hydrogens is 172 g/mol. The summed E-state index contributed by atoms with van der Waals surface area (Å²) in [5.74, 6) is -0.993. The maximum Gasteiger partial charge on any atom is 0.337 e. The Balaban J connectivity index is 2.80. The van der Waals surface area contributed by atoms with E-state index >= 15 is 0 Å². The van der Waals surface area contributed by atoms with Gasteiger partial charge in [-0.2, -0.15) is 0 Å². The van der Waals surface area contributed by atoms with Gasteiger partial charge in [-0.3, -0.25) is 0 Å². The van der Waals surface area contributed by atoms with Gasteiger partial charge in [0.05, 0.1) is 17.1 Å². The number of hydrogen-bond acceptors (Lipinski definition) is 4. The van der Waals surface area contributed by atoms with Gasteiger partial charge in [0.25, 0.3) is 5.71 Å². The van der Waals surface area contributed by atoms with Crippen molar-refractivity contribution < 1.29 is 14.4 Å². The summed E-state index contributed by atoms with van der Waals surface area (Å²) < 4.78 is 4.78. The molecule has 0 aliphatic rings. The largest absolute Gasteiger partial charge is 0.478 e. The molecule has 2 rings (SSSR count). The molecule has 0 radical (unpaired) electrons. The first-order chi connectivity index (χ1) is 6.20. The SMILES string of the molecule is Cc1c(C(=O)O)cnc2oncc12. The predicted molar refractivity (Wildman–Crippen MR) is 43.5 cm³/mol. The van der Waals surface area contributed by atoms with E-state index < -0.39 is 5.97 Å². The van der Waals surface area contributed by atoms with Crippen molar-refractivity contribution in [2.24, 2.45) is 0 Å². The highest BCUT2D eigenvalue weighted by atomic mass is 16.5. The smallest absolute Gasteiger partial charge is 0.337 e. The molecule has 13 heavy (non-hydrogen) atoms. The van der Waals surface area contributed by atoms with Crippen LogP contribution in [0.15, 0.2) is 16.9 Å². The average molecular weight is 178 g/mol. The molecule has 2 aromatic heterocycles. The number of fused-ring (bicyclic) bond motifs is 1. The summed E-state index contributed by atoms with van der Waals surface area (Å²) in [7, 11) is 0. The van der Waals surface area contributed by atoms with Gasteiger partial charge in [-0.15, -0.1) is 0 Å². The molecule has 0 atom stereocenters.